The Morgan fingerprint density at radius 1 is 0.737 bits per heavy atom. The SMILES string of the molecule is CCCCN(C)CCN(C)CCOCCCCOC. The van der Waals surface area contributed by atoms with E-state index in [2.05, 4.69) is 30.8 Å². The molecule has 0 heterocycles. The van der Waals surface area contributed by atoms with Crippen LogP contribution in [0.25, 0.3) is 0 Å². The van der Waals surface area contributed by atoms with Crippen LogP contribution in [0.4, 0.5) is 0 Å². The molecule has 0 rings (SSSR count). The summed E-state index contributed by atoms with van der Waals surface area (Å²) in [5.41, 5.74) is 0. The van der Waals surface area contributed by atoms with Gasteiger partial charge in [-0.25, -0.2) is 0 Å². The molecule has 0 unspecified atom stereocenters. The Morgan fingerprint density at radius 3 is 2.00 bits per heavy atom. The zero-order valence-corrected chi connectivity index (χ0v) is 13.5. The van der Waals surface area contributed by atoms with Crippen LogP contribution in [-0.2, 0) is 9.47 Å². The van der Waals surface area contributed by atoms with E-state index in [1.54, 1.807) is 7.11 Å². The molecule has 0 aliphatic heterocycles. The first-order valence-corrected chi connectivity index (χ1v) is 7.64. The largest absolute Gasteiger partial charge is 0.385 e. The number of hydrogen-bond donors (Lipinski definition) is 0. The summed E-state index contributed by atoms with van der Waals surface area (Å²) in [6, 6.07) is 0. The molecule has 0 N–H and O–H groups in total. The molecule has 0 saturated carbocycles. The topological polar surface area (TPSA) is 24.9 Å². The van der Waals surface area contributed by atoms with Gasteiger partial charge >= 0.3 is 0 Å². The Morgan fingerprint density at radius 2 is 1.37 bits per heavy atom. The van der Waals surface area contributed by atoms with Gasteiger partial charge in [0.05, 0.1) is 6.61 Å². The molecule has 0 aliphatic carbocycles. The lowest BCUT2D eigenvalue weighted by Gasteiger charge is -2.21. The van der Waals surface area contributed by atoms with E-state index in [-0.39, 0.29) is 0 Å². The number of unbranched alkanes of at least 4 members (excludes halogenated alkanes) is 2. The van der Waals surface area contributed by atoms with Crippen molar-refractivity contribution in [1.29, 1.82) is 0 Å². The molecule has 0 fully saturated rings. The van der Waals surface area contributed by atoms with Crippen LogP contribution in [0.3, 0.4) is 0 Å². The molecule has 0 saturated heterocycles. The highest BCUT2D eigenvalue weighted by Crippen LogP contribution is 1.94. The van der Waals surface area contributed by atoms with Crippen LogP contribution in [0, 0.1) is 0 Å². The molecule has 4 nitrogen and oxygen atoms in total. The monoisotopic (exact) mass is 274 g/mol. The molecule has 0 radical (unpaired) electrons. The lowest BCUT2D eigenvalue weighted by Crippen LogP contribution is -2.33. The molecule has 0 spiro atoms. The van der Waals surface area contributed by atoms with Gasteiger partial charge in [0, 0.05) is 40.0 Å². The van der Waals surface area contributed by atoms with E-state index in [0.717, 1.165) is 52.3 Å². The first-order chi connectivity index (χ1) is 9.20. The number of methoxy groups -OCH3 is 1. The van der Waals surface area contributed by atoms with Gasteiger partial charge in [0.15, 0.2) is 0 Å². The highest BCUT2D eigenvalue weighted by molar-refractivity contribution is 4.56. The highest BCUT2D eigenvalue weighted by atomic mass is 16.5. The Balaban J connectivity index is 3.27. The molecule has 116 valence electrons. The lowest BCUT2D eigenvalue weighted by molar-refractivity contribution is 0.0989. The van der Waals surface area contributed by atoms with Crippen LogP contribution in [-0.4, -0.2) is 77.0 Å². The van der Waals surface area contributed by atoms with Crippen molar-refractivity contribution in [2.75, 3.05) is 67.2 Å². The van der Waals surface area contributed by atoms with Gasteiger partial charge in [0.1, 0.15) is 0 Å². The van der Waals surface area contributed by atoms with Gasteiger partial charge in [-0.1, -0.05) is 13.3 Å². The minimum atomic E-state index is 0.835. The minimum Gasteiger partial charge on any atom is -0.385 e. The van der Waals surface area contributed by atoms with Crippen LogP contribution < -0.4 is 0 Å². The Bertz CT molecular complexity index is 180. The smallest absolute Gasteiger partial charge is 0.0593 e. The quantitative estimate of drug-likeness (QED) is 0.453. The van der Waals surface area contributed by atoms with Gasteiger partial charge in [-0.05, 0) is 39.9 Å². The van der Waals surface area contributed by atoms with E-state index in [4.69, 9.17) is 9.47 Å². The molecule has 19 heavy (non-hydrogen) atoms. The van der Waals surface area contributed by atoms with E-state index in [9.17, 15) is 0 Å². The van der Waals surface area contributed by atoms with Crippen molar-refractivity contribution >= 4 is 0 Å². The Kier molecular flexibility index (Phi) is 14.1. The van der Waals surface area contributed by atoms with Crippen molar-refractivity contribution in [2.24, 2.45) is 0 Å². The summed E-state index contributed by atoms with van der Waals surface area (Å²) in [5, 5.41) is 0. The van der Waals surface area contributed by atoms with Crippen LogP contribution in [0.1, 0.15) is 32.6 Å². The number of likely N-dealkylation sites (N-methyl/N-ethyl adjacent to an activating group) is 2. The second kappa shape index (κ2) is 14.3. The summed E-state index contributed by atoms with van der Waals surface area (Å²) in [6.45, 7) is 9.26. The van der Waals surface area contributed by atoms with Crippen LogP contribution >= 0.6 is 0 Å². The fraction of sp³-hybridized carbons (Fsp3) is 1.00. The maximum Gasteiger partial charge on any atom is 0.0593 e. The predicted molar refractivity (Wildman–Crippen MR) is 81.8 cm³/mol. The molecule has 0 aromatic rings. The Labute approximate surface area is 120 Å². The first-order valence-electron chi connectivity index (χ1n) is 7.64. The fourth-order valence-corrected chi connectivity index (χ4v) is 1.77. The van der Waals surface area contributed by atoms with Crippen molar-refractivity contribution in [1.82, 2.24) is 9.80 Å². The lowest BCUT2D eigenvalue weighted by atomic mass is 10.3. The molecular formula is C15H34N2O2. The highest BCUT2D eigenvalue weighted by Gasteiger charge is 2.01. The molecule has 0 bridgehead atoms. The predicted octanol–water partition coefficient (Wildman–Crippen LogP) is 2.09. The zero-order chi connectivity index (χ0) is 14.3. The summed E-state index contributed by atoms with van der Waals surface area (Å²) >= 11 is 0. The molecular weight excluding hydrogens is 240 g/mol. The van der Waals surface area contributed by atoms with Crippen LogP contribution in [0.15, 0.2) is 0 Å². The van der Waals surface area contributed by atoms with Crippen molar-refractivity contribution in [3.63, 3.8) is 0 Å². The minimum absolute atomic E-state index is 0.835. The fourth-order valence-electron chi connectivity index (χ4n) is 1.77. The van der Waals surface area contributed by atoms with E-state index in [1.807, 2.05) is 0 Å². The molecule has 0 aromatic carbocycles. The van der Waals surface area contributed by atoms with Crippen LogP contribution in [0.5, 0.6) is 0 Å². The first kappa shape index (κ1) is 18.8. The standard InChI is InChI=1S/C15H34N2O2/c1-5-6-9-16(2)10-11-17(3)12-15-19-14-8-7-13-18-4/h5-15H2,1-4H3. The summed E-state index contributed by atoms with van der Waals surface area (Å²) in [5.74, 6) is 0. The number of hydrogen-bond acceptors (Lipinski definition) is 4. The zero-order valence-electron chi connectivity index (χ0n) is 13.5. The third-order valence-corrected chi connectivity index (χ3v) is 3.26. The molecule has 4 heteroatoms. The molecule has 0 atom stereocenters. The van der Waals surface area contributed by atoms with Gasteiger partial charge in [-0.3, -0.25) is 0 Å². The number of ether oxygens (including phenoxy) is 2. The number of rotatable bonds is 14. The van der Waals surface area contributed by atoms with Crippen molar-refractivity contribution < 1.29 is 9.47 Å². The number of nitrogens with zero attached hydrogens (tertiary/aromatic N) is 2. The maximum absolute atomic E-state index is 5.61. The van der Waals surface area contributed by atoms with E-state index >= 15 is 0 Å². The average Bonchev–Trinajstić information content (AvgIpc) is 2.41. The summed E-state index contributed by atoms with van der Waals surface area (Å²) in [4.78, 5) is 4.75. The Hall–Kier alpha value is -0.160. The van der Waals surface area contributed by atoms with Crippen molar-refractivity contribution in [2.45, 2.75) is 32.6 Å². The van der Waals surface area contributed by atoms with Gasteiger partial charge in [-0.2, -0.15) is 0 Å². The van der Waals surface area contributed by atoms with Crippen LogP contribution in [0.2, 0.25) is 0 Å². The van der Waals surface area contributed by atoms with E-state index in [1.165, 1.54) is 19.4 Å². The molecule has 0 aliphatic rings. The van der Waals surface area contributed by atoms with Gasteiger partial charge in [0.2, 0.25) is 0 Å². The maximum atomic E-state index is 5.61. The summed E-state index contributed by atoms with van der Waals surface area (Å²) in [6.07, 6.45) is 4.76. The molecule has 0 amide bonds. The van der Waals surface area contributed by atoms with Gasteiger partial charge in [-0.15, -0.1) is 0 Å². The van der Waals surface area contributed by atoms with Crippen molar-refractivity contribution in [3.05, 3.63) is 0 Å². The van der Waals surface area contributed by atoms with E-state index in [0.29, 0.717) is 0 Å². The van der Waals surface area contributed by atoms with E-state index < -0.39 is 0 Å². The van der Waals surface area contributed by atoms with Crippen molar-refractivity contribution in [3.8, 4) is 0 Å². The molecule has 0 aromatic heterocycles. The second-order valence-corrected chi connectivity index (χ2v) is 5.27. The average molecular weight is 274 g/mol. The summed E-state index contributed by atoms with van der Waals surface area (Å²) < 4.78 is 10.6. The van der Waals surface area contributed by atoms with Gasteiger partial charge < -0.3 is 19.3 Å². The third kappa shape index (κ3) is 14.1. The third-order valence-electron chi connectivity index (χ3n) is 3.26. The second-order valence-electron chi connectivity index (χ2n) is 5.27. The summed E-state index contributed by atoms with van der Waals surface area (Å²) in [7, 11) is 6.12. The normalized spacial score (nSPS) is 11.7. The van der Waals surface area contributed by atoms with Gasteiger partial charge in [0.25, 0.3) is 0 Å².